The predicted molar refractivity (Wildman–Crippen MR) is 94.8 cm³/mol. The number of aryl methyl sites for hydroxylation is 1. The summed E-state index contributed by atoms with van der Waals surface area (Å²) in [4.78, 5) is 0. The third-order valence-corrected chi connectivity index (χ3v) is 8.05. The second kappa shape index (κ2) is 6.84. The summed E-state index contributed by atoms with van der Waals surface area (Å²) in [6.45, 7) is 5.57. The van der Waals surface area contributed by atoms with E-state index in [9.17, 15) is 0 Å². The van der Waals surface area contributed by atoms with Crippen LogP contribution in [0.15, 0.2) is 18.2 Å². The number of ether oxygens (including phenoxy) is 1. The summed E-state index contributed by atoms with van der Waals surface area (Å²) in [6, 6.07) is 7.04. The summed E-state index contributed by atoms with van der Waals surface area (Å²) in [7, 11) is 2.08. The molecule has 2 aliphatic heterocycles. The Morgan fingerprint density at radius 1 is 1.29 bits per heavy atom. The molecule has 3 rings (SSSR count). The van der Waals surface area contributed by atoms with Crippen molar-refractivity contribution in [2.24, 2.45) is 0 Å². The normalized spacial score (nSPS) is 30.3. The van der Waals surface area contributed by atoms with E-state index in [1.54, 1.807) is 0 Å². The topological polar surface area (TPSA) is 21.3 Å². The van der Waals surface area contributed by atoms with E-state index < -0.39 is 0 Å². The zero-order chi connectivity index (χ0) is 14.8. The quantitative estimate of drug-likeness (QED) is 0.910. The van der Waals surface area contributed by atoms with Crippen LogP contribution in [0.3, 0.4) is 0 Å². The fourth-order valence-corrected chi connectivity index (χ4v) is 6.33. The Labute approximate surface area is 136 Å². The highest BCUT2D eigenvalue weighted by molar-refractivity contribution is 8.07. The molecule has 2 aliphatic rings. The van der Waals surface area contributed by atoms with Crippen molar-refractivity contribution < 1.29 is 4.74 Å². The number of nitrogens with one attached hydrogen (secondary N) is 1. The minimum Gasteiger partial charge on any atom is -0.493 e. The summed E-state index contributed by atoms with van der Waals surface area (Å²) >= 11 is 4.24. The lowest BCUT2D eigenvalue weighted by molar-refractivity contribution is 0.282. The van der Waals surface area contributed by atoms with E-state index in [4.69, 9.17) is 4.74 Å². The molecular formula is C17H25NOS2. The molecule has 0 spiro atoms. The van der Waals surface area contributed by atoms with Crippen molar-refractivity contribution in [2.75, 3.05) is 19.4 Å². The van der Waals surface area contributed by atoms with Crippen LogP contribution in [-0.2, 0) is 6.42 Å². The van der Waals surface area contributed by atoms with Crippen molar-refractivity contribution in [3.8, 4) is 5.75 Å². The number of hydrogen-bond donors (Lipinski definition) is 1. The van der Waals surface area contributed by atoms with E-state index in [-0.39, 0.29) is 0 Å². The van der Waals surface area contributed by atoms with Gasteiger partial charge in [-0.1, -0.05) is 32.0 Å². The molecule has 0 saturated carbocycles. The molecule has 0 aliphatic carbocycles. The fourth-order valence-electron chi connectivity index (χ4n) is 3.18. The first-order chi connectivity index (χ1) is 10.2. The van der Waals surface area contributed by atoms with Crippen molar-refractivity contribution in [1.29, 1.82) is 0 Å². The van der Waals surface area contributed by atoms with Crippen LogP contribution in [-0.4, -0.2) is 35.2 Å². The van der Waals surface area contributed by atoms with Crippen LogP contribution in [0.1, 0.15) is 37.4 Å². The fraction of sp³-hybridized carbons (Fsp3) is 0.647. The van der Waals surface area contributed by atoms with Gasteiger partial charge in [-0.25, -0.2) is 0 Å². The minimum atomic E-state index is 0.380. The van der Waals surface area contributed by atoms with Crippen molar-refractivity contribution in [2.45, 2.75) is 48.5 Å². The van der Waals surface area contributed by atoms with E-state index in [0.29, 0.717) is 16.5 Å². The second-order valence-corrected chi connectivity index (χ2v) is 9.00. The Balaban J connectivity index is 1.87. The third-order valence-electron chi connectivity index (χ3n) is 4.56. The Kier molecular flexibility index (Phi) is 5.07. The summed E-state index contributed by atoms with van der Waals surface area (Å²) in [6.07, 6.45) is 2.29. The second-order valence-electron chi connectivity index (χ2n) is 5.97. The molecule has 1 saturated heterocycles. The van der Waals surface area contributed by atoms with Gasteiger partial charge >= 0.3 is 0 Å². The van der Waals surface area contributed by atoms with Crippen LogP contribution in [0.2, 0.25) is 0 Å². The smallest absolute Gasteiger partial charge is 0.127 e. The first-order valence-electron chi connectivity index (χ1n) is 7.89. The predicted octanol–water partition coefficient (Wildman–Crippen LogP) is 3.90. The number of para-hydroxylation sites is 1. The van der Waals surface area contributed by atoms with Crippen molar-refractivity contribution in [3.63, 3.8) is 0 Å². The van der Waals surface area contributed by atoms with E-state index in [2.05, 4.69) is 67.9 Å². The van der Waals surface area contributed by atoms with E-state index in [1.807, 2.05) is 0 Å². The van der Waals surface area contributed by atoms with Gasteiger partial charge in [0.25, 0.3) is 0 Å². The number of benzene rings is 1. The van der Waals surface area contributed by atoms with E-state index in [0.717, 1.165) is 30.4 Å². The molecule has 1 fully saturated rings. The van der Waals surface area contributed by atoms with Gasteiger partial charge in [-0.05, 0) is 25.5 Å². The lowest BCUT2D eigenvalue weighted by Gasteiger charge is -2.37. The van der Waals surface area contributed by atoms with Crippen LogP contribution in [0, 0.1) is 0 Å². The molecule has 1 aromatic rings. The molecule has 0 bridgehead atoms. The van der Waals surface area contributed by atoms with Crippen molar-refractivity contribution in [1.82, 2.24) is 5.32 Å². The summed E-state index contributed by atoms with van der Waals surface area (Å²) in [5.74, 6) is 2.37. The molecule has 1 aromatic carbocycles. The average Bonchev–Trinajstić information content (AvgIpc) is 2.52. The van der Waals surface area contributed by atoms with Gasteiger partial charge in [-0.2, -0.15) is 23.5 Å². The van der Waals surface area contributed by atoms with Gasteiger partial charge in [0.15, 0.2) is 0 Å². The van der Waals surface area contributed by atoms with E-state index in [1.165, 1.54) is 16.9 Å². The summed E-state index contributed by atoms with van der Waals surface area (Å²) in [5.41, 5.74) is 2.74. The van der Waals surface area contributed by atoms with Crippen molar-refractivity contribution >= 4 is 23.5 Å². The Morgan fingerprint density at radius 2 is 2.14 bits per heavy atom. The minimum absolute atomic E-state index is 0.380. The number of fused-ring (bicyclic) bond motifs is 1. The molecular weight excluding hydrogens is 298 g/mol. The largest absolute Gasteiger partial charge is 0.493 e. The molecule has 0 aromatic heterocycles. The van der Waals surface area contributed by atoms with Gasteiger partial charge in [0, 0.05) is 33.1 Å². The Morgan fingerprint density at radius 3 is 2.90 bits per heavy atom. The third kappa shape index (κ3) is 3.22. The number of rotatable bonds is 3. The molecule has 4 unspecified atom stereocenters. The van der Waals surface area contributed by atoms with Gasteiger partial charge in [0.05, 0.1) is 6.61 Å². The lowest BCUT2D eigenvalue weighted by atomic mass is 9.96. The Bertz CT molecular complexity index is 494. The lowest BCUT2D eigenvalue weighted by Crippen LogP contribution is -2.36. The van der Waals surface area contributed by atoms with Crippen LogP contribution < -0.4 is 10.1 Å². The van der Waals surface area contributed by atoms with Crippen LogP contribution in [0.5, 0.6) is 5.75 Å². The average molecular weight is 324 g/mol. The first kappa shape index (κ1) is 15.6. The highest BCUT2D eigenvalue weighted by atomic mass is 32.2. The maximum Gasteiger partial charge on any atom is 0.127 e. The van der Waals surface area contributed by atoms with Crippen LogP contribution in [0.4, 0.5) is 0 Å². The summed E-state index contributed by atoms with van der Waals surface area (Å²) in [5, 5.41) is 5.64. The van der Waals surface area contributed by atoms with Gasteiger partial charge < -0.3 is 10.1 Å². The molecule has 2 nitrogen and oxygen atoms in total. The number of thioether (sulfide) groups is 2. The first-order valence-corrected chi connectivity index (χ1v) is 9.88. The molecule has 0 radical (unpaired) electrons. The highest BCUT2D eigenvalue weighted by Crippen LogP contribution is 2.43. The zero-order valence-corrected chi connectivity index (χ0v) is 14.7. The maximum atomic E-state index is 6.02. The molecule has 21 heavy (non-hydrogen) atoms. The van der Waals surface area contributed by atoms with Crippen LogP contribution in [0.25, 0.3) is 0 Å². The molecule has 4 atom stereocenters. The highest BCUT2D eigenvalue weighted by Gasteiger charge is 2.33. The summed E-state index contributed by atoms with van der Waals surface area (Å²) < 4.78 is 6.02. The molecule has 116 valence electrons. The van der Waals surface area contributed by atoms with Gasteiger partial charge in [0.1, 0.15) is 5.75 Å². The van der Waals surface area contributed by atoms with Crippen LogP contribution >= 0.6 is 23.5 Å². The molecule has 4 heteroatoms. The van der Waals surface area contributed by atoms with Gasteiger partial charge in [-0.3, -0.25) is 0 Å². The Hall–Kier alpha value is -0.320. The standard InChI is InChI=1S/C17H25NOS2/c1-11-12(2)21-15(10-20-11)16(18-3)14-8-4-6-13-7-5-9-19-17(13)14/h4,6,8,11-12,15-16,18H,5,7,9-10H2,1-3H3. The monoisotopic (exact) mass is 323 g/mol. The molecule has 0 amide bonds. The maximum absolute atomic E-state index is 6.02. The molecule has 1 N–H and O–H groups in total. The molecule has 2 heterocycles. The van der Waals surface area contributed by atoms with E-state index >= 15 is 0 Å². The van der Waals surface area contributed by atoms with Crippen molar-refractivity contribution in [3.05, 3.63) is 29.3 Å². The van der Waals surface area contributed by atoms with Gasteiger partial charge in [-0.15, -0.1) is 0 Å². The zero-order valence-electron chi connectivity index (χ0n) is 13.1. The SMILES string of the molecule is CNC(c1cccc2c1OCCC2)C1CSC(C)C(C)S1. The number of hydrogen-bond acceptors (Lipinski definition) is 4. The van der Waals surface area contributed by atoms with Gasteiger partial charge in [0.2, 0.25) is 0 Å².